The van der Waals surface area contributed by atoms with Crippen molar-refractivity contribution in [1.82, 2.24) is 0 Å². The predicted molar refractivity (Wildman–Crippen MR) is 56.6 cm³/mol. The number of nitrogens with zero attached hydrogens (tertiary/aromatic N) is 1. The van der Waals surface area contributed by atoms with E-state index in [4.69, 9.17) is 4.74 Å². The SMILES string of the molecule is Cc1cccc(S(=O)(=O)C2COC=N2)c1. The highest BCUT2D eigenvalue weighted by Crippen LogP contribution is 2.19. The molecule has 1 heterocycles. The third-order valence-corrected chi connectivity index (χ3v) is 4.10. The van der Waals surface area contributed by atoms with Crippen LogP contribution in [0.15, 0.2) is 34.2 Å². The van der Waals surface area contributed by atoms with Crippen molar-refractivity contribution in [3.8, 4) is 0 Å². The lowest BCUT2D eigenvalue weighted by Crippen LogP contribution is -2.20. The van der Waals surface area contributed by atoms with Gasteiger partial charge >= 0.3 is 0 Å². The second-order valence-corrected chi connectivity index (χ2v) is 5.51. The quantitative estimate of drug-likeness (QED) is 0.758. The summed E-state index contributed by atoms with van der Waals surface area (Å²) in [7, 11) is -3.38. The molecule has 1 unspecified atom stereocenters. The molecule has 4 nitrogen and oxygen atoms in total. The lowest BCUT2D eigenvalue weighted by molar-refractivity contribution is 0.349. The molecule has 0 saturated carbocycles. The Hall–Kier alpha value is -1.36. The van der Waals surface area contributed by atoms with E-state index in [0.29, 0.717) is 4.90 Å². The average Bonchev–Trinajstić information content (AvgIpc) is 2.71. The van der Waals surface area contributed by atoms with Gasteiger partial charge in [0.15, 0.2) is 11.8 Å². The molecule has 1 aliphatic heterocycles. The number of hydrogen-bond donors (Lipinski definition) is 0. The number of ether oxygens (including phenoxy) is 1. The van der Waals surface area contributed by atoms with Gasteiger partial charge in [-0.05, 0) is 24.6 Å². The molecule has 1 atom stereocenters. The molecule has 0 aromatic heterocycles. The molecule has 80 valence electrons. The van der Waals surface area contributed by atoms with E-state index >= 15 is 0 Å². The van der Waals surface area contributed by atoms with Gasteiger partial charge in [0.2, 0.25) is 9.84 Å². The molecule has 0 amide bonds. The number of rotatable bonds is 2. The molecule has 2 rings (SSSR count). The normalized spacial score (nSPS) is 20.2. The molecule has 15 heavy (non-hydrogen) atoms. The summed E-state index contributed by atoms with van der Waals surface area (Å²) in [4.78, 5) is 4.08. The van der Waals surface area contributed by atoms with Crippen LogP contribution in [0.25, 0.3) is 0 Å². The summed E-state index contributed by atoms with van der Waals surface area (Å²) in [6.07, 6.45) is 1.19. The molecular weight excluding hydrogens is 214 g/mol. The summed E-state index contributed by atoms with van der Waals surface area (Å²) >= 11 is 0. The van der Waals surface area contributed by atoms with E-state index in [1.807, 2.05) is 13.0 Å². The molecule has 0 N–H and O–H groups in total. The lowest BCUT2D eigenvalue weighted by Gasteiger charge is -2.08. The Kier molecular flexibility index (Phi) is 2.48. The Labute approximate surface area is 88.5 Å². The fourth-order valence-electron chi connectivity index (χ4n) is 1.40. The van der Waals surface area contributed by atoms with Crippen molar-refractivity contribution in [2.24, 2.45) is 4.99 Å². The molecule has 0 aliphatic carbocycles. The summed E-state index contributed by atoms with van der Waals surface area (Å²) in [6, 6.07) is 6.80. The van der Waals surface area contributed by atoms with Crippen LogP contribution in [-0.4, -0.2) is 26.8 Å². The second kappa shape index (κ2) is 3.66. The first kappa shape index (κ1) is 10.2. The molecule has 1 aromatic rings. The highest BCUT2D eigenvalue weighted by atomic mass is 32.2. The Morgan fingerprint density at radius 1 is 1.47 bits per heavy atom. The Balaban J connectivity index is 2.41. The van der Waals surface area contributed by atoms with Crippen LogP contribution in [0.5, 0.6) is 0 Å². The van der Waals surface area contributed by atoms with Crippen LogP contribution in [0, 0.1) is 6.92 Å². The molecule has 1 aromatic carbocycles. The minimum absolute atomic E-state index is 0.107. The minimum Gasteiger partial charge on any atom is -0.480 e. The van der Waals surface area contributed by atoms with Gasteiger partial charge in [-0.15, -0.1) is 0 Å². The smallest absolute Gasteiger partial charge is 0.204 e. The number of aliphatic imine (C=N–C) groups is 1. The van der Waals surface area contributed by atoms with Crippen LogP contribution >= 0.6 is 0 Å². The van der Waals surface area contributed by atoms with Gasteiger partial charge < -0.3 is 4.74 Å². The van der Waals surface area contributed by atoms with E-state index in [1.54, 1.807) is 18.2 Å². The van der Waals surface area contributed by atoms with Gasteiger partial charge in [0.25, 0.3) is 0 Å². The summed E-state index contributed by atoms with van der Waals surface area (Å²) in [5.41, 5.74) is 0.916. The number of benzene rings is 1. The van der Waals surface area contributed by atoms with Crippen LogP contribution in [0.1, 0.15) is 5.56 Å². The highest BCUT2D eigenvalue weighted by Gasteiger charge is 2.29. The second-order valence-electron chi connectivity index (χ2n) is 3.40. The first-order valence-electron chi connectivity index (χ1n) is 4.54. The van der Waals surface area contributed by atoms with Crippen molar-refractivity contribution in [2.45, 2.75) is 17.2 Å². The van der Waals surface area contributed by atoms with Crippen molar-refractivity contribution in [1.29, 1.82) is 0 Å². The van der Waals surface area contributed by atoms with Crippen molar-refractivity contribution in [3.63, 3.8) is 0 Å². The van der Waals surface area contributed by atoms with Crippen LogP contribution in [0.3, 0.4) is 0 Å². The maximum absolute atomic E-state index is 12.0. The van der Waals surface area contributed by atoms with Crippen molar-refractivity contribution < 1.29 is 13.2 Å². The lowest BCUT2D eigenvalue weighted by atomic mass is 10.2. The standard InChI is InChI=1S/C10H11NO3S/c1-8-3-2-4-9(5-8)15(12,13)10-6-14-7-11-10/h2-5,7,10H,6H2,1H3. The van der Waals surface area contributed by atoms with E-state index in [9.17, 15) is 8.42 Å². The fraction of sp³-hybridized carbons (Fsp3) is 0.300. The zero-order valence-electron chi connectivity index (χ0n) is 8.25. The maximum Gasteiger partial charge on any atom is 0.204 e. The van der Waals surface area contributed by atoms with E-state index in [0.717, 1.165) is 5.56 Å². The van der Waals surface area contributed by atoms with E-state index in [-0.39, 0.29) is 6.61 Å². The van der Waals surface area contributed by atoms with E-state index < -0.39 is 15.2 Å². The van der Waals surface area contributed by atoms with E-state index in [1.165, 1.54) is 6.40 Å². The van der Waals surface area contributed by atoms with Crippen LogP contribution in [0.2, 0.25) is 0 Å². The first-order valence-corrected chi connectivity index (χ1v) is 6.09. The molecule has 5 heteroatoms. The molecule has 0 spiro atoms. The highest BCUT2D eigenvalue weighted by molar-refractivity contribution is 7.92. The third kappa shape index (κ3) is 1.87. The number of sulfone groups is 1. The molecule has 0 saturated heterocycles. The third-order valence-electron chi connectivity index (χ3n) is 2.22. The van der Waals surface area contributed by atoms with Gasteiger partial charge in [-0.1, -0.05) is 12.1 Å². The maximum atomic E-state index is 12.0. The summed E-state index contributed by atoms with van der Waals surface area (Å²) < 4.78 is 28.8. The van der Waals surface area contributed by atoms with Crippen molar-refractivity contribution >= 4 is 16.2 Å². The molecule has 1 aliphatic rings. The number of hydrogen-bond acceptors (Lipinski definition) is 4. The largest absolute Gasteiger partial charge is 0.480 e. The summed E-state index contributed by atoms with van der Waals surface area (Å²) in [6.45, 7) is 1.96. The summed E-state index contributed by atoms with van der Waals surface area (Å²) in [5.74, 6) is 0. The van der Waals surface area contributed by atoms with Gasteiger partial charge in [-0.25, -0.2) is 13.4 Å². The molecule has 0 radical (unpaired) electrons. The van der Waals surface area contributed by atoms with Crippen LogP contribution < -0.4 is 0 Å². The minimum atomic E-state index is -3.38. The van der Waals surface area contributed by atoms with Gasteiger partial charge in [-0.3, -0.25) is 0 Å². The van der Waals surface area contributed by atoms with Crippen molar-refractivity contribution in [2.75, 3.05) is 6.61 Å². The number of aryl methyl sites for hydroxylation is 1. The van der Waals surface area contributed by atoms with Gasteiger partial charge in [0.05, 0.1) is 4.90 Å². The first-order chi connectivity index (χ1) is 7.10. The Morgan fingerprint density at radius 3 is 2.87 bits per heavy atom. The molecule has 0 bridgehead atoms. The van der Waals surface area contributed by atoms with Crippen LogP contribution in [0.4, 0.5) is 0 Å². The Bertz CT molecular complexity index is 493. The Morgan fingerprint density at radius 2 is 2.27 bits per heavy atom. The topological polar surface area (TPSA) is 55.7 Å². The predicted octanol–water partition coefficient (Wildman–Crippen LogP) is 1.15. The monoisotopic (exact) mass is 225 g/mol. The van der Waals surface area contributed by atoms with Gasteiger partial charge in [0, 0.05) is 0 Å². The molecular formula is C10H11NO3S. The van der Waals surface area contributed by atoms with Crippen LogP contribution in [-0.2, 0) is 14.6 Å². The summed E-state index contributed by atoms with van der Waals surface area (Å²) in [5, 5.41) is -0.792. The zero-order chi connectivity index (χ0) is 10.9. The van der Waals surface area contributed by atoms with E-state index in [2.05, 4.69) is 4.99 Å². The average molecular weight is 225 g/mol. The van der Waals surface area contributed by atoms with Gasteiger partial charge in [0.1, 0.15) is 6.61 Å². The molecule has 0 fully saturated rings. The van der Waals surface area contributed by atoms with Crippen molar-refractivity contribution in [3.05, 3.63) is 29.8 Å². The fourth-order valence-corrected chi connectivity index (χ4v) is 2.80. The zero-order valence-corrected chi connectivity index (χ0v) is 9.07. The van der Waals surface area contributed by atoms with Gasteiger partial charge in [-0.2, -0.15) is 0 Å².